The third-order valence-electron chi connectivity index (χ3n) is 1.76. The van der Waals surface area contributed by atoms with Crippen molar-refractivity contribution >= 4 is 10.0 Å². The largest absolute Gasteiger partial charge is 0.574 e. The van der Waals surface area contributed by atoms with Crippen molar-refractivity contribution < 1.29 is 26.3 Å². The fraction of sp³-hybridized carbons (Fsp3) is 0.286. The first kappa shape index (κ1) is 13.5. The summed E-state index contributed by atoms with van der Waals surface area (Å²) in [5, 5.41) is 4.69. The van der Waals surface area contributed by atoms with E-state index in [0.717, 1.165) is 6.92 Å². The van der Waals surface area contributed by atoms with Crippen LogP contribution in [-0.2, 0) is 10.0 Å². The Kier molecular flexibility index (Phi) is 3.21. The zero-order valence-corrected chi connectivity index (χ0v) is 9.15. The average molecular weight is 272 g/mol. The molecule has 0 aliphatic rings. The van der Waals surface area contributed by atoms with Gasteiger partial charge in [0, 0.05) is 6.20 Å². The highest BCUT2D eigenvalue weighted by molar-refractivity contribution is 7.89. The van der Waals surface area contributed by atoms with E-state index < -0.39 is 38.2 Å². The first-order valence-corrected chi connectivity index (χ1v) is 5.58. The van der Waals surface area contributed by atoms with E-state index in [9.17, 15) is 26.4 Å². The van der Waals surface area contributed by atoms with Crippen LogP contribution >= 0.6 is 0 Å². The summed E-state index contributed by atoms with van der Waals surface area (Å²) in [5.74, 6) is -0.880. The minimum absolute atomic E-state index is 0.533. The molecule has 0 aliphatic heterocycles. The van der Waals surface area contributed by atoms with Crippen molar-refractivity contribution in [2.75, 3.05) is 0 Å². The van der Waals surface area contributed by atoms with Gasteiger partial charge in [-0.2, -0.15) is 0 Å². The van der Waals surface area contributed by atoms with Gasteiger partial charge in [-0.05, 0) is 6.92 Å². The summed E-state index contributed by atoms with van der Waals surface area (Å²) in [4.78, 5) is 12.5. The SMILES string of the molecule is Cc1c(OC(F)(F)F)[nH]cc(S(N)(=O)=O)c1=O. The van der Waals surface area contributed by atoms with Crippen LogP contribution in [0.1, 0.15) is 5.56 Å². The predicted molar refractivity (Wildman–Crippen MR) is 49.9 cm³/mol. The third kappa shape index (κ3) is 3.20. The normalized spacial score (nSPS) is 12.5. The van der Waals surface area contributed by atoms with Crippen LogP contribution in [0.2, 0.25) is 0 Å². The van der Waals surface area contributed by atoms with Crippen molar-refractivity contribution in [3.05, 3.63) is 22.0 Å². The number of halogens is 3. The monoisotopic (exact) mass is 272 g/mol. The molecule has 0 atom stereocenters. The van der Waals surface area contributed by atoms with Gasteiger partial charge in [0.25, 0.3) is 0 Å². The zero-order valence-electron chi connectivity index (χ0n) is 8.33. The number of ether oxygens (including phenoxy) is 1. The standard InChI is InChI=1S/C7H7F3N2O4S/c1-3-5(13)4(17(11,14)15)2-12-6(3)16-7(8,9)10/h2H,1H3,(H,12,13)(H2,11,14,15). The molecule has 0 radical (unpaired) electrons. The van der Waals surface area contributed by atoms with Crippen LogP contribution in [0.15, 0.2) is 15.9 Å². The lowest BCUT2D eigenvalue weighted by atomic mass is 10.3. The van der Waals surface area contributed by atoms with Crippen LogP contribution in [0.4, 0.5) is 13.2 Å². The van der Waals surface area contributed by atoms with Crippen LogP contribution in [-0.4, -0.2) is 19.8 Å². The van der Waals surface area contributed by atoms with Gasteiger partial charge in [0.2, 0.25) is 21.3 Å². The van der Waals surface area contributed by atoms with E-state index in [1.807, 2.05) is 4.98 Å². The fourth-order valence-corrected chi connectivity index (χ4v) is 1.66. The molecule has 0 amide bonds. The van der Waals surface area contributed by atoms with Gasteiger partial charge in [-0.15, -0.1) is 13.2 Å². The van der Waals surface area contributed by atoms with Crippen molar-refractivity contribution in [2.45, 2.75) is 18.2 Å². The number of nitrogens with one attached hydrogen (secondary N) is 1. The molecule has 0 saturated carbocycles. The van der Waals surface area contributed by atoms with Gasteiger partial charge in [0.1, 0.15) is 4.90 Å². The lowest BCUT2D eigenvalue weighted by Gasteiger charge is -2.11. The number of alkyl halides is 3. The lowest BCUT2D eigenvalue weighted by Crippen LogP contribution is -2.26. The molecule has 0 aliphatic carbocycles. The van der Waals surface area contributed by atoms with Gasteiger partial charge in [0.05, 0.1) is 5.56 Å². The lowest BCUT2D eigenvalue weighted by molar-refractivity contribution is -0.276. The molecular formula is C7H7F3N2O4S. The number of hydrogen-bond donors (Lipinski definition) is 2. The second-order valence-electron chi connectivity index (χ2n) is 3.03. The van der Waals surface area contributed by atoms with Gasteiger partial charge in [-0.25, -0.2) is 13.6 Å². The van der Waals surface area contributed by atoms with E-state index in [1.54, 1.807) is 0 Å². The fourth-order valence-electron chi connectivity index (χ4n) is 1.03. The number of rotatable bonds is 2. The van der Waals surface area contributed by atoms with Gasteiger partial charge in [-0.3, -0.25) is 4.79 Å². The van der Waals surface area contributed by atoms with Gasteiger partial charge in [-0.1, -0.05) is 0 Å². The Labute approximate surface area is 93.3 Å². The Hall–Kier alpha value is -1.55. The van der Waals surface area contributed by atoms with Crippen LogP contribution < -0.4 is 15.3 Å². The van der Waals surface area contributed by atoms with E-state index in [2.05, 4.69) is 4.74 Å². The highest BCUT2D eigenvalue weighted by Gasteiger charge is 2.33. The quantitative estimate of drug-likeness (QED) is 0.804. The number of H-pyrrole nitrogens is 1. The molecule has 1 aromatic heterocycles. The Morgan fingerprint density at radius 2 is 1.94 bits per heavy atom. The molecule has 10 heteroatoms. The zero-order chi connectivity index (χ0) is 13.4. The Morgan fingerprint density at radius 3 is 2.35 bits per heavy atom. The number of pyridine rings is 1. The Bertz CT molecular complexity index is 590. The van der Waals surface area contributed by atoms with Crippen molar-refractivity contribution in [1.29, 1.82) is 0 Å². The topological polar surface area (TPSA) is 102 Å². The number of hydrogen-bond acceptors (Lipinski definition) is 4. The molecule has 0 fully saturated rings. The maximum absolute atomic E-state index is 11.9. The molecular weight excluding hydrogens is 265 g/mol. The molecule has 1 rings (SSSR count). The van der Waals surface area contributed by atoms with E-state index in [0.29, 0.717) is 6.20 Å². The minimum Gasteiger partial charge on any atom is -0.390 e. The Balaban J connectivity index is 3.36. The molecule has 0 spiro atoms. The second-order valence-corrected chi connectivity index (χ2v) is 4.56. The van der Waals surface area contributed by atoms with Crippen LogP contribution in [0.5, 0.6) is 5.88 Å². The number of nitrogens with two attached hydrogens (primary N) is 1. The van der Waals surface area contributed by atoms with E-state index >= 15 is 0 Å². The van der Waals surface area contributed by atoms with Crippen LogP contribution in [0.3, 0.4) is 0 Å². The summed E-state index contributed by atoms with van der Waals surface area (Å²) in [6.07, 6.45) is -4.44. The van der Waals surface area contributed by atoms with Crippen molar-refractivity contribution in [2.24, 2.45) is 5.14 Å². The van der Waals surface area contributed by atoms with Crippen molar-refractivity contribution in [1.82, 2.24) is 4.98 Å². The number of primary sulfonamides is 1. The molecule has 0 aromatic carbocycles. The first-order valence-electron chi connectivity index (χ1n) is 4.03. The van der Waals surface area contributed by atoms with E-state index in [4.69, 9.17) is 5.14 Å². The number of sulfonamides is 1. The summed E-state index contributed by atoms with van der Waals surface area (Å²) in [5.41, 5.74) is -1.68. The van der Waals surface area contributed by atoms with Gasteiger partial charge >= 0.3 is 6.36 Å². The smallest absolute Gasteiger partial charge is 0.390 e. The average Bonchev–Trinajstić information content (AvgIpc) is 2.08. The van der Waals surface area contributed by atoms with Crippen molar-refractivity contribution in [3.63, 3.8) is 0 Å². The molecule has 17 heavy (non-hydrogen) atoms. The summed E-state index contributed by atoms with van der Waals surface area (Å²) < 4.78 is 61.0. The van der Waals surface area contributed by atoms with Crippen LogP contribution in [0, 0.1) is 6.92 Å². The number of aromatic nitrogens is 1. The molecule has 1 heterocycles. The molecule has 3 N–H and O–H groups in total. The highest BCUT2D eigenvalue weighted by Crippen LogP contribution is 2.22. The summed E-state index contributed by atoms with van der Waals surface area (Å²) >= 11 is 0. The molecule has 1 aromatic rings. The predicted octanol–water partition coefficient (Wildman–Crippen LogP) is 0.229. The summed E-state index contributed by atoms with van der Waals surface area (Å²) in [7, 11) is -4.30. The highest BCUT2D eigenvalue weighted by atomic mass is 32.2. The maximum atomic E-state index is 11.9. The molecule has 6 nitrogen and oxygen atoms in total. The second kappa shape index (κ2) is 4.04. The molecule has 0 unspecified atom stereocenters. The van der Waals surface area contributed by atoms with E-state index in [-0.39, 0.29) is 0 Å². The summed E-state index contributed by atoms with van der Waals surface area (Å²) in [6.45, 7) is 0.981. The van der Waals surface area contributed by atoms with Gasteiger partial charge in [0.15, 0.2) is 0 Å². The molecule has 0 saturated heterocycles. The third-order valence-corrected chi connectivity index (χ3v) is 2.68. The van der Waals surface area contributed by atoms with E-state index in [1.165, 1.54) is 0 Å². The maximum Gasteiger partial charge on any atom is 0.574 e. The first-order chi connectivity index (χ1) is 7.52. The minimum atomic E-state index is -4.99. The Morgan fingerprint density at radius 1 is 1.41 bits per heavy atom. The van der Waals surface area contributed by atoms with Crippen molar-refractivity contribution in [3.8, 4) is 5.88 Å². The summed E-state index contributed by atoms with van der Waals surface area (Å²) in [6, 6.07) is 0. The molecule has 96 valence electrons. The number of aromatic amines is 1. The van der Waals surface area contributed by atoms with Crippen LogP contribution in [0.25, 0.3) is 0 Å². The van der Waals surface area contributed by atoms with Gasteiger partial charge < -0.3 is 9.72 Å². The molecule has 0 bridgehead atoms.